The van der Waals surface area contributed by atoms with Crippen molar-refractivity contribution in [3.8, 4) is 6.19 Å². The molecule has 2 N–H and O–H groups in total. The van der Waals surface area contributed by atoms with Gasteiger partial charge in [-0.2, -0.15) is 5.26 Å². The molecule has 1 aromatic heterocycles. The molecule has 0 saturated heterocycles. The lowest BCUT2D eigenvalue weighted by Gasteiger charge is -2.32. The number of nitriles is 1. The van der Waals surface area contributed by atoms with E-state index in [4.69, 9.17) is 10.5 Å². The quantitative estimate of drug-likeness (QED) is 0.184. The first-order valence-electron chi connectivity index (χ1n) is 13.3. The summed E-state index contributed by atoms with van der Waals surface area (Å²) >= 11 is 0. The lowest BCUT2D eigenvalue weighted by atomic mass is 9.85. The number of ether oxygens (including phenoxy) is 1. The molecule has 1 unspecified atom stereocenters. The largest absolute Gasteiger partial charge is 0.464 e. The van der Waals surface area contributed by atoms with E-state index in [0.717, 1.165) is 10.5 Å². The van der Waals surface area contributed by atoms with Crippen LogP contribution in [0, 0.1) is 11.5 Å². The molecule has 42 heavy (non-hydrogen) atoms. The minimum absolute atomic E-state index is 0.0648. The second kappa shape index (κ2) is 11.6. The maximum atomic E-state index is 14.3. The monoisotopic (exact) mass is 580 g/mol. The highest BCUT2D eigenvalue weighted by Crippen LogP contribution is 2.39. The fourth-order valence-electron chi connectivity index (χ4n) is 5.21. The van der Waals surface area contributed by atoms with Crippen LogP contribution in [0.25, 0.3) is 17.0 Å². The first kappa shape index (κ1) is 28.7. The molecule has 0 aliphatic heterocycles. The van der Waals surface area contributed by atoms with Crippen molar-refractivity contribution in [2.75, 3.05) is 6.61 Å². The van der Waals surface area contributed by atoms with E-state index in [2.05, 4.69) is 4.98 Å². The Morgan fingerprint density at radius 1 is 1.02 bits per heavy atom. The van der Waals surface area contributed by atoms with Gasteiger partial charge in [0, 0.05) is 17.1 Å². The molecule has 1 aliphatic carbocycles. The Kier molecular flexibility index (Phi) is 7.89. The van der Waals surface area contributed by atoms with Crippen LogP contribution in [0.4, 0.5) is 0 Å². The number of esters is 1. The maximum Gasteiger partial charge on any atom is 0.346 e. The normalized spacial score (nSPS) is 14.2. The van der Waals surface area contributed by atoms with Crippen LogP contribution in [0.5, 0.6) is 0 Å². The molecule has 1 atom stereocenters. The average molecular weight is 581 g/mol. The number of rotatable bonds is 8. The lowest BCUT2D eigenvalue weighted by Crippen LogP contribution is -2.57. The summed E-state index contributed by atoms with van der Waals surface area (Å²) in [4.78, 5) is 29.5. The molecular weight excluding hydrogens is 552 g/mol. The Labute approximate surface area is 243 Å². The highest BCUT2D eigenvalue weighted by Gasteiger charge is 2.53. The molecule has 3 aromatic carbocycles. The second-order valence-corrected chi connectivity index (χ2v) is 11.9. The number of hydrogen-bond donors (Lipinski definition) is 1. The fourth-order valence-corrected chi connectivity index (χ4v) is 7.03. The molecule has 1 amide bonds. The van der Waals surface area contributed by atoms with E-state index in [9.17, 15) is 23.3 Å². The number of para-hydroxylation sites is 1. The van der Waals surface area contributed by atoms with E-state index in [1.807, 2.05) is 36.5 Å². The minimum Gasteiger partial charge on any atom is -0.464 e. The van der Waals surface area contributed by atoms with E-state index >= 15 is 0 Å². The fraction of sp³-hybridized carbons (Fsp3) is 0.188. The number of fused-ring (bicyclic) bond motifs is 2. The van der Waals surface area contributed by atoms with Gasteiger partial charge in [0.15, 0.2) is 6.19 Å². The second-order valence-electron chi connectivity index (χ2n) is 9.81. The van der Waals surface area contributed by atoms with E-state index < -0.39 is 26.6 Å². The number of amides is 1. The number of carbonyl (C=O) groups excluding carboxylic acids is 2. The van der Waals surface area contributed by atoms with Gasteiger partial charge in [0.05, 0.1) is 23.6 Å². The van der Waals surface area contributed by atoms with Gasteiger partial charge in [-0.25, -0.2) is 18.1 Å². The van der Waals surface area contributed by atoms with Crippen molar-refractivity contribution in [1.29, 1.82) is 5.26 Å². The van der Waals surface area contributed by atoms with Crippen molar-refractivity contribution in [2.24, 2.45) is 5.73 Å². The molecule has 4 aromatic rings. The molecule has 10 heteroatoms. The van der Waals surface area contributed by atoms with Crippen molar-refractivity contribution in [1.82, 2.24) is 9.88 Å². The Morgan fingerprint density at radius 3 is 2.50 bits per heavy atom. The summed E-state index contributed by atoms with van der Waals surface area (Å²) in [5, 5.41) is 10.3. The van der Waals surface area contributed by atoms with E-state index in [0.29, 0.717) is 22.1 Å². The molecule has 0 bridgehead atoms. The van der Waals surface area contributed by atoms with Gasteiger partial charge in [0.1, 0.15) is 0 Å². The number of carbonyl (C=O) groups is 2. The zero-order valence-electron chi connectivity index (χ0n) is 22.9. The van der Waals surface area contributed by atoms with Crippen LogP contribution in [-0.4, -0.2) is 41.7 Å². The van der Waals surface area contributed by atoms with Crippen LogP contribution in [0.2, 0.25) is 0 Å². The Bertz CT molecular complexity index is 1860. The molecular formula is C32H28N4O5S. The van der Waals surface area contributed by atoms with Crippen LogP contribution in [0.15, 0.2) is 95.5 Å². The van der Waals surface area contributed by atoms with E-state index in [1.165, 1.54) is 18.3 Å². The van der Waals surface area contributed by atoms with Crippen LogP contribution in [-0.2, 0) is 32.3 Å². The first-order chi connectivity index (χ1) is 20.2. The molecule has 1 aliphatic rings. The molecule has 0 saturated carbocycles. The van der Waals surface area contributed by atoms with Gasteiger partial charge in [0.25, 0.3) is 5.91 Å². The van der Waals surface area contributed by atoms with Gasteiger partial charge in [0.2, 0.25) is 14.7 Å². The molecule has 0 fully saturated rings. The van der Waals surface area contributed by atoms with E-state index in [-0.39, 0.29) is 42.0 Å². The van der Waals surface area contributed by atoms with Crippen LogP contribution >= 0.6 is 0 Å². The SMILES string of the molecule is CCOC(=O)C(N)(C1=Cc2cccc(C(=O)N(C#N)Cc3ccccc3)c2CC1)S(=O)(=O)c1cccc2cccnc12. The molecule has 212 valence electrons. The number of hydrogen-bond acceptors (Lipinski definition) is 8. The molecule has 9 nitrogen and oxygen atoms in total. The van der Waals surface area contributed by atoms with Crippen molar-refractivity contribution >= 4 is 38.7 Å². The van der Waals surface area contributed by atoms with Crippen LogP contribution in [0.3, 0.4) is 0 Å². The summed E-state index contributed by atoms with van der Waals surface area (Å²) in [5.41, 5.74) is 9.25. The predicted octanol–water partition coefficient (Wildman–Crippen LogP) is 4.38. The van der Waals surface area contributed by atoms with Crippen LogP contribution < -0.4 is 5.73 Å². The zero-order chi connectivity index (χ0) is 29.9. The van der Waals surface area contributed by atoms with Crippen molar-refractivity contribution in [2.45, 2.75) is 36.1 Å². The standard InChI is InChI=1S/C32H28N4O5S/c1-2-41-31(38)32(34,42(39,40)28-15-7-11-23-13-8-18-35-29(23)28)25-16-17-26-24(19-25)12-6-14-27(26)30(37)36(21-33)20-22-9-4-3-5-10-22/h3-15,18-19H,2,16-17,20,34H2,1H3. The van der Waals surface area contributed by atoms with Gasteiger partial charge < -0.3 is 4.74 Å². The molecule has 0 radical (unpaired) electrons. The molecule has 0 spiro atoms. The van der Waals surface area contributed by atoms with Crippen LogP contribution in [0.1, 0.15) is 40.4 Å². The maximum absolute atomic E-state index is 14.3. The summed E-state index contributed by atoms with van der Waals surface area (Å²) in [6.07, 6.45) is 5.27. The minimum atomic E-state index is -4.58. The van der Waals surface area contributed by atoms with Gasteiger partial charge in [-0.15, -0.1) is 0 Å². The number of nitrogens with two attached hydrogens (primary N) is 1. The third-order valence-electron chi connectivity index (χ3n) is 7.33. The number of benzene rings is 3. The van der Waals surface area contributed by atoms with Gasteiger partial charge in [-0.3, -0.25) is 15.5 Å². The third kappa shape index (κ3) is 4.93. The molecule has 5 rings (SSSR count). The highest BCUT2D eigenvalue weighted by molar-refractivity contribution is 7.94. The lowest BCUT2D eigenvalue weighted by molar-refractivity contribution is -0.145. The zero-order valence-corrected chi connectivity index (χ0v) is 23.7. The van der Waals surface area contributed by atoms with Crippen molar-refractivity contribution < 1.29 is 22.7 Å². The van der Waals surface area contributed by atoms with Gasteiger partial charge >= 0.3 is 5.97 Å². The summed E-state index contributed by atoms with van der Waals surface area (Å²) < 4.78 is 33.8. The van der Waals surface area contributed by atoms with Gasteiger partial charge in [-0.05, 0) is 60.2 Å². The van der Waals surface area contributed by atoms with E-state index in [1.54, 1.807) is 49.4 Å². The molecule has 1 heterocycles. The third-order valence-corrected chi connectivity index (χ3v) is 9.52. The first-order valence-corrected chi connectivity index (χ1v) is 14.8. The van der Waals surface area contributed by atoms with Crippen molar-refractivity contribution in [3.63, 3.8) is 0 Å². The summed E-state index contributed by atoms with van der Waals surface area (Å²) in [6.45, 7) is 1.60. The number of nitrogens with zero attached hydrogens (tertiary/aromatic N) is 3. The predicted molar refractivity (Wildman–Crippen MR) is 157 cm³/mol. The van der Waals surface area contributed by atoms with Gasteiger partial charge in [-0.1, -0.05) is 66.7 Å². The average Bonchev–Trinajstić information content (AvgIpc) is 3.02. The summed E-state index contributed by atoms with van der Waals surface area (Å²) in [6, 6.07) is 22.3. The summed E-state index contributed by atoms with van der Waals surface area (Å²) in [5.74, 6) is -1.58. The number of sulfone groups is 1. The highest BCUT2D eigenvalue weighted by atomic mass is 32.2. The smallest absolute Gasteiger partial charge is 0.346 e. The topological polar surface area (TPSA) is 143 Å². The Hall–Kier alpha value is -4.85. The summed E-state index contributed by atoms with van der Waals surface area (Å²) in [7, 11) is -4.58. The Balaban J connectivity index is 1.59. The number of aromatic nitrogens is 1. The van der Waals surface area contributed by atoms with Crippen molar-refractivity contribution in [3.05, 3.63) is 113 Å². The number of pyridine rings is 1. The Morgan fingerprint density at radius 2 is 1.76 bits per heavy atom.